The Kier molecular flexibility index (Phi) is 5.78. The summed E-state index contributed by atoms with van der Waals surface area (Å²) in [6.45, 7) is 0. The van der Waals surface area contributed by atoms with Crippen molar-refractivity contribution in [3.8, 4) is 11.1 Å². The molecule has 0 atom stereocenters. The lowest BCUT2D eigenvalue weighted by Crippen LogP contribution is -2.11. The summed E-state index contributed by atoms with van der Waals surface area (Å²) in [6.07, 6.45) is 0. The highest BCUT2D eigenvalue weighted by molar-refractivity contribution is 7.26. The highest BCUT2D eigenvalue weighted by Crippen LogP contribution is 2.49. The van der Waals surface area contributed by atoms with Gasteiger partial charge in [0.2, 0.25) is 0 Å². The summed E-state index contributed by atoms with van der Waals surface area (Å²) in [7, 11) is 0. The smallest absolute Gasteiger partial charge is 0.159 e. The molecule has 3 heteroatoms. The molecule has 47 heavy (non-hydrogen) atoms. The Morgan fingerprint density at radius 3 is 1.98 bits per heavy atom. The number of fused-ring (bicyclic) bond motifs is 9. The highest BCUT2D eigenvalue weighted by Gasteiger charge is 2.23. The fraction of sp³-hybridized carbons (Fsp3) is 0. The first-order valence-electron chi connectivity index (χ1n) is 15.9. The number of nitrogens with zero attached hydrogens (tertiary/aromatic N) is 1. The molecule has 2 aromatic heterocycles. The quantitative estimate of drug-likeness (QED) is 0.195. The molecule has 8 aromatic carbocycles. The minimum Gasteiger partial charge on any atom is -0.454 e. The molecule has 0 saturated carbocycles. The van der Waals surface area contributed by atoms with Crippen LogP contribution in [-0.2, 0) is 0 Å². The Balaban J connectivity index is 1.31. The van der Waals surface area contributed by atoms with E-state index in [0.29, 0.717) is 0 Å². The maximum atomic E-state index is 6.68. The number of anilines is 3. The first-order chi connectivity index (χ1) is 23.3. The van der Waals surface area contributed by atoms with Crippen LogP contribution in [0.4, 0.5) is 17.1 Å². The maximum Gasteiger partial charge on any atom is 0.159 e. The van der Waals surface area contributed by atoms with Crippen molar-refractivity contribution in [1.82, 2.24) is 0 Å². The third-order valence-electron chi connectivity index (χ3n) is 9.40. The molecular formula is C44H27NOS. The summed E-state index contributed by atoms with van der Waals surface area (Å²) in [4.78, 5) is 2.40. The van der Waals surface area contributed by atoms with E-state index >= 15 is 0 Å². The van der Waals surface area contributed by atoms with Crippen molar-refractivity contribution < 1.29 is 4.42 Å². The Labute approximate surface area is 275 Å². The van der Waals surface area contributed by atoms with Gasteiger partial charge in [0, 0.05) is 42.0 Å². The first kappa shape index (κ1) is 26.3. The van der Waals surface area contributed by atoms with Crippen LogP contribution in [0.5, 0.6) is 0 Å². The van der Waals surface area contributed by atoms with Crippen LogP contribution in [0.15, 0.2) is 168 Å². The standard InChI is InChI=1S/C44H27NOS/c1-2-12-28(13-3-1)29-16-10-17-32(24-29)45(38-22-11-21-36-34-19-8-9-23-40(34)46-44(36)38)39-27-42-43(35-20-7-6-18-33(35)39)37-25-30-14-4-5-15-31(30)26-41(37)47-42/h1-27H. The molecular weight excluding hydrogens is 591 g/mol. The minimum absolute atomic E-state index is 0.880. The zero-order chi connectivity index (χ0) is 30.9. The van der Waals surface area contributed by atoms with Gasteiger partial charge in [0.25, 0.3) is 0 Å². The van der Waals surface area contributed by atoms with Crippen LogP contribution in [0.25, 0.3) is 74.8 Å². The van der Waals surface area contributed by atoms with Crippen molar-refractivity contribution in [2.45, 2.75) is 0 Å². The van der Waals surface area contributed by atoms with Crippen LogP contribution < -0.4 is 4.90 Å². The van der Waals surface area contributed by atoms with E-state index in [-0.39, 0.29) is 0 Å². The van der Waals surface area contributed by atoms with Crippen LogP contribution in [0, 0.1) is 0 Å². The average molecular weight is 618 g/mol. The fourth-order valence-corrected chi connectivity index (χ4v) is 8.45. The monoisotopic (exact) mass is 617 g/mol. The maximum absolute atomic E-state index is 6.68. The third kappa shape index (κ3) is 4.10. The molecule has 0 N–H and O–H groups in total. The number of hydrogen-bond acceptors (Lipinski definition) is 3. The van der Waals surface area contributed by atoms with Crippen LogP contribution in [-0.4, -0.2) is 0 Å². The molecule has 2 nitrogen and oxygen atoms in total. The van der Waals surface area contributed by atoms with Crippen molar-refractivity contribution in [2.24, 2.45) is 0 Å². The molecule has 0 spiro atoms. The van der Waals surface area contributed by atoms with Gasteiger partial charge in [0.1, 0.15) is 5.58 Å². The lowest BCUT2D eigenvalue weighted by Gasteiger charge is -2.27. The summed E-state index contributed by atoms with van der Waals surface area (Å²) < 4.78 is 9.25. The molecule has 0 unspecified atom stereocenters. The molecule has 0 amide bonds. The van der Waals surface area contributed by atoms with Gasteiger partial charge in [-0.3, -0.25) is 0 Å². The minimum atomic E-state index is 0.880. The summed E-state index contributed by atoms with van der Waals surface area (Å²) in [5.41, 5.74) is 7.35. The van der Waals surface area contributed by atoms with Gasteiger partial charge in [-0.1, -0.05) is 121 Å². The Morgan fingerprint density at radius 1 is 0.426 bits per heavy atom. The molecule has 0 saturated heterocycles. The SMILES string of the molecule is c1ccc(-c2cccc(N(c3cc4sc5cc6ccccc6cc5c4c4ccccc34)c3cccc4c3oc3ccccc34)c2)cc1. The van der Waals surface area contributed by atoms with E-state index in [0.717, 1.165) is 39.0 Å². The first-order valence-corrected chi connectivity index (χ1v) is 16.7. The van der Waals surface area contributed by atoms with Gasteiger partial charge >= 0.3 is 0 Å². The van der Waals surface area contributed by atoms with Crippen molar-refractivity contribution in [3.05, 3.63) is 164 Å². The van der Waals surface area contributed by atoms with Gasteiger partial charge in [-0.15, -0.1) is 11.3 Å². The van der Waals surface area contributed by atoms with E-state index in [4.69, 9.17) is 4.42 Å². The van der Waals surface area contributed by atoms with Crippen molar-refractivity contribution in [2.75, 3.05) is 4.90 Å². The van der Waals surface area contributed by atoms with Crippen LogP contribution in [0.3, 0.4) is 0 Å². The second-order valence-electron chi connectivity index (χ2n) is 12.1. The van der Waals surface area contributed by atoms with E-state index in [1.54, 1.807) is 0 Å². The lowest BCUT2D eigenvalue weighted by atomic mass is 9.99. The molecule has 220 valence electrons. The molecule has 0 bridgehead atoms. The normalized spacial score (nSPS) is 11.8. The van der Waals surface area contributed by atoms with E-state index in [1.807, 2.05) is 17.4 Å². The molecule has 0 aliphatic rings. The Bertz CT molecular complexity index is 2810. The third-order valence-corrected chi connectivity index (χ3v) is 10.5. The summed E-state index contributed by atoms with van der Waals surface area (Å²) in [5, 5.41) is 9.85. The van der Waals surface area contributed by atoms with Crippen LogP contribution in [0.1, 0.15) is 0 Å². The summed E-state index contributed by atoms with van der Waals surface area (Å²) >= 11 is 1.87. The van der Waals surface area contributed by atoms with Crippen LogP contribution >= 0.6 is 11.3 Å². The van der Waals surface area contributed by atoms with Crippen LogP contribution in [0.2, 0.25) is 0 Å². The summed E-state index contributed by atoms with van der Waals surface area (Å²) in [6, 6.07) is 58.9. The fourth-order valence-electron chi connectivity index (χ4n) is 7.26. The average Bonchev–Trinajstić information content (AvgIpc) is 3.69. The number of rotatable bonds is 4. The number of thiophene rings is 1. The van der Waals surface area contributed by atoms with Crippen molar-refractivity contribution >= 4 is 92.1 Å². The van der Waals surface area contributed by atoms with Gasteiger partial charge in [-0.05, 0) is 69.8 Å². The van der Waals surface area contributed by atoms with Gasteiger partial charge in [-0.2, -0.15) is 0 Å². The molecule has 0 fully saturated rings. The lowest BCUT2D eigenvalue weighted by molar-refractivity contribution is 0.669. The molecule has 0 aliphatic carbocycles. The second kappa shape index (κ2) is 10.3. The molecule has 10 aromatic rings. The molecule has 10 rings (SSSR count). The predicted octanol–water partition coefficient (Wildman–Crippen LogP) is 13.4. The van der Waals surface area contributed by atoms with E-state index < -0.39 is 0 Å². The van der Waals surface area contributed by atoms with E-state index in [9.17, 15) is 0 Å². The zero-order valence-corrected chi connectivity index (χ0v) is 26.2. The molecule has 0 aliphatic heterocycles. The number of para-hydroxylation sites is 2. The van der Waals surface area contributed by atoms with Crippen molar-refractivity contribution in [3.63, 3.8) is 0 Å². The number of benzene rings is 8. The van der Waals surface area contributed by atoms with Gasteiger partial charge in [-0.25, -0.2) is 0 Å². The number of hydrogen-bond donors (Lipinski definition) is 0. The van der Waals surface area contributed by atoms with E-state index in [1.165, 1.54) is 52.8 Å². The summed E-state index contributed by atoms with van der Waals surface area (Å²) in [5.74, 6) is 0. The van der Waals surface area contributed by atoms with Gasteiger partial charge < -0.3 is 9.32 Å². The van der Waals surface area contributed by atoms with Gasteiger partial charge in [0.05, 0.1) is 11.4 Å². The van der Waals surface area contributed by atoms with E-state index in [2.05, 4.69) is 163 Å². The largest absolute Gasteiger partial charge is 0.454 e. The second-order valence-corrected chi connectivity index (χ2v) is 13.2. The topological polar surface area (TPSA) is 16.4 Å². The highest BCUT2D eigenvalue weighted by atomic mass is 32.1. The van der Waals surface area contributed by atoms with Crippen molar-refractivity contribution in [1.29, 1.82) is 0 Å². The molecule has 0 radical (unpaired) electrons. The molecule has 2 heterocycles. The number of furan rings is 1. The Morgan fingerprint density at radius 2 is 1.11 bits per heavy atom. The Hall–Kier alpha value is -5.90. The predicted molar refractivity (Wildman–Crippen MR) is 202 cm³/mol. The zero-order valence-electron chi connectivity index (χ0n) is 25.4. The van der Waals surface area contributed by atoms with Gasteiger partial charge in [0.15, 0.2) is 5.58 Å².